The molecule has 34 heavy (non-hydrogen) atoms. The number of amides is 1. The summed E-state index contributed by atoms with van der Waals surface area (Å²) in [6, 6.07) is 12.2. The third-order valence-electron chi connectivity index (χ3n) is 5.29. The highest BCUT2D eigenvalue weighted by Gasteiger charge is 2.29. The van der Waals surface area contributed by atoms with E-state index in [0.29, 0.717) is 18.5 Å². The molecule has 3 aromatic rings. The molecule has 0 radical (unpaired) electrons. The Morgan fingerprint density at radius 2 is 1.85 bits per heavy atom. The molecule has 184 valence electrons. The zero-order chi connectivity index (χ0) is 24.7. The molecule has 0 aliphatic carbocycles. The van der Waals surface area contributed by atoms with E-state index in [-0.39, 0.29) is 24.1 Å². The fraction of sp³-hybridized carbons (Fsp3) is 0.400. The number of primary amides is 1. The first-order chi connectivity index (χ1) is 16.2. The van der Waals surface area contributed by atoms with Crippen molar-refractivity contribution in [1.82, 2.24) is 9.88 Å². The predicted octanol–water partition coefficient (Wildman–Crippen LogP) is 4.69. The number of para-hydroxylation sites is 2. The standard InChI is InChI=1S/C25H30F3N3O3/c1-3-10-31-11-8-19-14-18(15-20(23(19)31)24(29)32)13-17(2)30-9-12-33-21-6-4-5-7-22(21)34-16-25(26,27)28/h4-8,11,14-15,17,30H,3,9-10,12-13,16H2,1-2H3,(H2,29,32)/t17-/m1/s1. The quantitative estimate of drug-likeness (QED) is 0.371. The molecule has 3 rings (SSSR count). The second-order valence-corrected chi connectivity index (χ2v) is 8.21. The van der Waals surface area contributed by atoms with E-state index in [9.17, 15) is 18.0 Å². The van der Waals surface area contributed by atoms with Crippen molar-refractivity contribution in [2.24, 2.45) is 5.73 Å². The Balaban J connectivity index is 1.56. The van der Waals surface area contributed by atoms with Crippen molar-refractivity contribution in [3.05, 3.63) is 59.8 Å². The van der Waals surface area contributed by atoms with Gasteiger partial charge in [-0.15, -0.1) is 0 Å². The summed E-state index contributed by atoms with van der Waals surface area (Å²) in [7, 11) is 0. The van der Waals surface area contributed by atoms with Gasteiger partial charge < -0.3 is 25.1 Å². The first kappa shape index (κ1) is 25.4. The molecule has 0 bridgehead atoms. The molecule has 1 amide bonds. The summed E-state index contributed by atoms with van der Waals surface area (Å²) < 4.78 is 49.8. The van der Waals surface area contributed by atoms with Gasteiger partial charge in [-0.25, -0.2) is 0 Å². The Morgan fingerprint density at radius 1 is 1.15 bits per heavy atom. The summed E-state index contributed by atoms with van der Waals surface area (Å²) in [5, 5.41) is 4.31. The largest absolute Gasteiger partial charge is 0.488 e. The number of nitrogens with zero attached hydrogens (tertiary/aromatic N) is 1. The van der Waals surface area contributed by atoms with E-state index in [2.05, 4.69) is 22.9 Å². The third-order valence-corrected chi connectivity index (χ3v) is 5.29. The third kappa shape index (κ3) is 6.90. The Labute approximate surface area is 196 Å². The van der Waals surface area contributed by atoms with Crippen LogP contribution in [0.3, 0.4) is 0 Å². The number of aryl methyl sites for hydroxylation is 1. The Bertz CT molecular complexity index is 1110. The van der Waals surface area contributed by atoms with Crippen molar-refractivity contribution in [1.29, 1.82) is 0 Å². The lowest BCUT2D eigenvalue weighted by atomic mass is 10.0. The summed E-state index contributed by atoms with van der Waals surface area (Å²) in [5.41, 5.74) is 8.02. The van der Waals surface area contributed by atoms with Crippen LogP contribution in [0, 0.1) is 0 Å². The number of carbonyl (C=O) groups is 1. The number of aromatic nitrogens is 1. The van der Waals surface area contributed by atoms with Gasteiger partial charge in [0, 0.05) is 30.7 Å². The smallest absolute Gasteiger partial charge is 0.422 e. The summed E-state index contributed by atoms with van der Waals surface area (Å²) in [6.45, 7) is 4.26. The van der Waals surface area contributed by atoms with Crippen LogP contribution in [0.1, 0.15) is 36.2 Å². The first-order valence-corrected chi connectivity index (χ1v) is 11.2. The van der Waals surface area contributed by atoms with Crippen molar-refractivity contribution in [3.63, 3.8) is 0 Å². The van der Waals surface area contributed by atoms with Gasteiger partial charge in [0.2, 0.25) is 0 Å². The Hall–Kier alpha value is -3.20. The van der Waals surface area contributed by atoms with Crippen LogP contribution in [0.5, 0.6) is 11.5 Å². The molecule has 1 atom stereocenters. The van der Waals surface area contributed by atoms with E-state index >= 15 is 0 Å². The summed E-state index contributed by atoms with van der Waals surface area (Å²) >= 11 is 0. The topological polar surface area (TPSA) is 78.5 Å². The molecule has 3 N–H and O–H groups in total. The predicted molar refractivity (Wildman–Crippen MR) is 125 cm³/mol. The van der Waals surface area contributed by atoms with Gasteiger partial charge in [-0.2, -0.15) is 13.2 Å². The average Bonchev–Trinajstić information content (AvgIpc) is 3.17. The van der Waals surface area contributed by atoms with Crippen molar-refractivity contribution < 1.29 is 27.4 Å². The van der Waals surface area contributed by atoms with Crippen LogP contribution >= 0.6 is 0 Å². The minimum Gasteiger partial charge on any atom is -0.488 e. The molecule has 0 fully saturated rings. The molecule has 0 spiro atoms. The van der Waals surface area contributed by atoms with E-state index in [0.717, 1.165) is 29.4 Å². The number of halogens is 3. The Kier molecular flexibility index (Phi) is 8.44. The number of benzene rings is 2. The highest BCUT2D eigenvalue weighted by atomic mass is 19.4. The maximum atomic E-state index is 12.4. The van der Waals surface area contributed by atoms with Crippen LogP contribution < -0.4 is 20.5 Å². The van der Waals surface area contributed by atoms with Gasteiger partial charge in [0.05, 0.1) is 11.1 Å². The first-order valence-electron chi connectivity index (χ1n) is 11.2. The number of nitrogens with one attached hydrogen (secondary N) is 1. The fourth-order valence-electron chi connectivity index (χ4n) is 3.88. The molecule has 1 aromatic heterocycles. The van der Waals surface area contributed by atoms with Crippen LogP contribution in [0.2, 0.25) is 0 Å². The van der Waals surface area contributed by atoms with E-state index in [1.165, 1.54) is 6.07 Å². The molecule has 0 saturated heterocycles. The number of nitrogens with two attached hydrogens (primary N) is 1. The monoisotopic (exact) mass is 477 g/mol. The van der Waals surface area contributed by atoms with Crippen LogP contribution in [0.25, 0.3) is 10.9 Å². The van der Waals surface area contributed by atoms with Gasteiger partial charge in [0.25, 0.3) is 5.91 Å². The molecule has 0 aliphatic heterocycles. The molecule has 0 unspecified atom stereocenters. The van der Waals surface area contributed by atoms with Crippen LogP contribution in [0.4, 0.5) is 13.2 Å². The normalized spacial score (nSPS) is 12.6. The lowest BCUT2D eigenvalue weighted by Crippen LogP contribution is -2.32. The zero-order valence-corrected chi connectivity index (χ0v) is 19.3. The van der Waals surface area contributed by atoms with Gasteiger partial charge in [-0.05, 0) is 55.7 Å². The molecule has 9 heteroatoms. The number of ether oxygens (including phenoxy) is 2. The van der Waals surface area contributed by atoms with E-state index in [4.69, 9.17) is 15.2 Å². The minimum atomic E-state index is -4.42. The van der Waals surface area contributed by atoms with Crippen molar-refractivity contribution in [2.75, 3.05) is 19.8 Å². The number of fused-ring (bicyclic) bond motifs is 1. The second-order valence-electron chi connectivity index (χ2n) is 8.21. The van der Waals surface area contributed by atoms with E-state index in [1.54, 1.807) is 18.2 Å². The zero-order valence-electron chi connectivity index (χ0n) is 19.3. The lowest BCUT2D eigenvalue weighted by Gasteiger charge is -2.17. The second kappa shape index (κ2) is 11.3. The number of hydrogen-bond donors (Lipinski definition) is 2. The van der Waals surface area contributed by atoms with Crippen LogP contribution in [-0.4, -0.2) is 42.5 Å². The van der Waals surface area contributed by atoms with Crippen LogP contribution in [0.15, 0.2) is 48.7 Å². The maximum Gasteiger partial charge on any atom is 0.422 e. The minimum absolute atomic E-state index is 0.0511. The summed E-state index contributed by atoms with van der Waals surface area (Å²) in [4.78, 5) is 12.1. The Morgan fingerprint density at radius 3 is 2.50 bits per heavy atom. The van der Waals surface area contributed by atoms with E-state index in [1.807, 2.05) is 25.3 Å². The molecule has 0 saturated carbocycles. The van der Waals surface area contributed by atoms with Gasteiger partial charge in [0.1, 0.15) is 6.61 Å². The van der Waals surface area contributed by atoms with Gasteiger partial charge in [0.15, 0.2) is 18.1 Å². The van der Waals surface area contributed by atoms with Gasteiger partial charge in [-0.3, -0.25) is 4.79 Å². The molecular weight excluding hydrogens is 447 g/mol. The number of carbonyl (C=O) groups excluding carboxylic acids is 1. The fourth-order valence-corrected chi connectivity index (χ4v) is 3.88. The average molecular weight is 478 g/mol. The van der Waals surface area contributed by atoms with Crippen molar-refractivity contribution in [3.8, 4) is 11.5 Å². The van der Waals surface area contributed by atoms with Gasteiger partial charge >= 0.3 is 6.18 Å². The molecule has 0 aliphatic rings. The van der Waals surface area contributed by atoms with Crippen molar-refractivity contribution >= 4 is 16.8 Å². The SMILES string of the molecule is CCCn1ccc2cc(C[C@@H](C)NCCOc3ccccc3OCC(F)(F)F)cc(C(N)=O)c21. The summed E-state index contributed by atoms with van der Waals surface area (Å²) in [5.74, 6) is -0.146. The van der Waals surface area contributed by atoms with Crippen molar-refractivity contribution in [2.45, 2.75) is 45.5 Å². The highest BCUT2D eigenvalue weighted by Crippen LogP contribution is 2.28. The number of alkyl halides is 3. The summed E-state index contributed by atoms with van der Waals surface area (Å²) in [6.07, 6.45) is -0.827. The number of hydrogen-bond acceptors (Lipinski definition) is 4. The van der Waals surface area contributed by atoms with Gasteiger partial charge in [-0.1, -0.05) is 19.1 Å². The molecule has 2 aromatic carbocycles. The highest BCUT2D eigenvalue weighted by molar-refractivity contribution is 6.05. The van der Waals surface area contributed by atoms with Crippen LogP contribution in [-0.2, 0) is 13.0 Å². The lowest BCUT2D eigenvalue weighted by molar-refractivity contribution is -0.153. The molecule has 1 heterocycles. The van der Waals surface area contributed by atoms with E-state index < -0.39 is 18.7 Å². The number of rotatable bonds is 12. The molecular formula is C25H30F3N3O3. The molecule has 6 nitrogen and oxygen atoms in total. The maximum absolute atomic E-state index is 12.4.